The summed E-state index contributed by atoms with van der Waals surface area (Å²) >= 11 is 1.54. The molecule has 4 heterocycles. The van der Waals surface area contributed by atoms with Crippen LogP contribution < -0.4 is 0 Å². The van der Waals surface area contributed by atoms with E-state index in [0.29, 0.717) is 11.8 Å². The molecule has 1 aliphatic rings. The lowest BCUT2D eigenvalue weighted by molar-refractivity contribution is 0.744. The van der Waals surface area contributed by atoms with E-state index in [4.69, 9.17) is 5.10 Å². The Hall–Kier alpha value is -2.61. The Labute approximate surface area is 142 Å². The fourth-order valence-corrected chi connectivity index (χ4v) is 4.11. The van der Waals surface area contributed by atoms with Crippen LogP contribution in [0.15, 0.2) is 30.6 Å². The van der Waals surface area contributed by atoms with E-state index in [-0.39, 0.29) is 0 Å². The lowest BCUT2D eigenvalue weighted by atomic mass is 10.1. The van der Waals surface area contributed by atoms with Gasteiger partial charge in [-0.3, -0.25) is 9.67 Å². The van der Waals surface area contributed by atoms with Gasteiger partial charge >= 0.3 is 0 Å². The van der Waals surface area contributed by atoms with Crippen LogP contribution in [0.4, 0.5) is 0 Å². The van der Waals surface area contributed by atoms with Crippen molar-refractivity contribution in [1.82, 2.24) is 34.6 Å². The predicted octanol–water partition coefficient (Wildman–Crippen LogP) is 2.56. The quantitative estimate of drug-likeness (QED) is 0.574. The van der Waals surface area contributed by atoms with Crippen LogP contribution in [0.5, 0.6) is 0 Å². The van der Waals surface area contributed by atoms with Crippen molar-refractivity contribution < 1.29 is 0 Å². The average molecular weight is 337 g/mol. The Balaban J connectivity index is 1.47. The van der Waals surface area contributed by atoms with Gasteiger partial charge in [0.15, 0.2) is 10.8 Å². The molecule has 8 heteroatoms. The molecule has 2 atom stereocenters. The summed E-state index contributed by atoms with van der Waals surface area (Å²) in [5, 5.41) is 18.4. The number of hydrogen-bond acceptors (Lipinski definition) is 6. The molecular weight excluding hydrogens is 322 g/mol. The van der Waals surface area contributed by atoms with Crippen LogP contribution in [0.25, 0.3) is 15.7 Å². The SMILES string of the molecule is Cc1nnc2sc(-c3cc(C4CC4c4cccnc4)nn3C)nn12. The zero-order chi connectivity index (χ0) is 16.3. The zero-order valence-corrected chi connectivity index (χ0v) is 14.1. The summed E-state index contributed by atoms with van der Waals surface area (Å²) in [4.78, 5) is 5.03. The first-order valence-electron chi connectivity index (χ1n) is 7.84. The first-order chi connectivity index (χ1) is 11.7. The molecule has 0 amide bonds. The van der Waals surface area contributed by atoms with Crippen molar-refractivity contribution in [3.63, 3.8) is 0 Å². The Bertz CT molecular complexity index is 1030. The first kappa shape index (κ1) is 13.8. The standard InChI is InChI=1S/C16H15N7S/c1-9-18-19-16-23(9)21-15(24-16)14-7-13(20-22(14)2)12-6-11(12)10-4-3-5-17-8-10/h3-5,7-8,11-12H,6H2,1-2H3. The number of fused-ring (bicyclic) bond motifs is 1. The number of hydrogen-bond donors (Lipinski definition) is 0. The van der Waals surface area contributed by atoms with Crippen LogP contribution in [0.1, 0.15) is 35.3 Å². The van der Waals surface area contributed by atoms with Crippen molar-refractivity contribution in [2.45, 2.75) is 25.2 Å². The van der Waals surface area contributed by atoms with Crippen molar-refractivity contribution in [3.05, 3.63) is 47.7 Å². The van der Waals surface area contributed by atoms with Gasteiger partial charge in [-0.15, -0.1) is 10.2 Å². The van der Waals surface area contributed by atoms with E-state index < -0.39 is 0 Å². The molecular formula is C16H15N7S. The number of rotatable bonds is 3. The molecule has 1 saturated carbocycles. The molecule has 5 rings (SSSR count). The predicted molar refractivity (Wildman–Crippen MR) is 89.9 cm³/mol. The number of aryl methyl sites for hydroxylation is 2. The highest BCUT2D eigenvalue weighted by Gasteiger charge is 2.41. The van der Waals surface area contributed by atoms with Crippen LogP contribution in [0, 0.1) is 6.92 Å². The van der Waals surface area contributed by atoms with Gasteiger partial charge in [-0.25, -0.2) is 0 Å². The highest BCUT2D eigenvalue weighted by atomic mass is 32.1. The molecule has 0 N–H and O–H groups in total. The van der Waals surface area contributed by atoms with Crippen LogP contribution in [-0.2, 0) is 7.05 Å². The molecule has 0 aromatic carbocycles. The largest absolute Gasteiger partial charge is 0.265 e. The van der Waals surface area contributed by atoms with Gasteiger partial charge in [0.25, 0.3) is 0 Å². The topological polar surface area (TPSA) is 73.8 Å². The van der Waals surface area contributed by atoms with Crippen molar-refractivity contribution in [1.29, 1.82) is 0 Å². The van der Waals surface area contributed by atoms with E-state index >= 15 is 0 Å². The highest BCUT2D eigenvalue weighted by molar-refractivity contribution is 7.19. The zero-order valence-electron chi connectivity index (χ0n) is 13.3. The summed E-state index contributed by atoms with van der Waals surface area (Å²) in [6, 6.07) is 6.30. The van der Waals surface area contributed by atoms with Crippen molar-refractivity contribution in [2.24, 2.45) is 7.05 Å². The number of aromatic nitrogens is 7. The Kier molecular flexibility index (Phi) is 2.84. The average Bonchev–Trinajstić information content (AvgIpc) is 2.94. The summed E-state index contributed by atoms with van der Waals surface area (Å²) < 4.78 is 3.69. The van der Waals surface area contributed by atoms with E-state index in [1.165, 1.54) is 16.9 Å². The molecule has 24 heavy (non-hydrogen) atoms. The second kappa shape index (κ2) is 4.94. The lowest BCUT2D eigenvalue weighted by Gasteiger charge is -1.96. The van der Waals surface area contributed by atoms with Gasteiger partial charge in [0.05, 0.1) is 11.4 Å². The van der Waals surface area contributed by atoms with Crippen LogP contribution in [0.2, 0.25) is 0 Å². The number of nitrogens with zero attached hydrogens (tertiary/aromatic N) is 7. The van der Waals surface area contributed by atoms with Gasteiger partial charge in [0, 0.05) is 25.4 Å². The summed E-state index contributed by atoms with van der Waals surface area (Å²) in [6.45, 7) is 1.90. The minimum absolute atomic E-state index is 0.474. The fraction of sp³-hybridized carbons (Fsp3) is 0.312. The molecule has 0 saturated heterocycles. The number of pyridine rings is 1. The highest BCUT2D eigenvalue weighted by Crippen LogP contribution is 2.54. The maximum absolute atomic E-state index is 4.72. The van der Waals surface area contributed by atoms with E-state index in [9.17, 15) is 0 Å². The third-order valence-electron chi connectivity index (χ3n) is 4.55. The monoisotopic (exact) mass is 337 g/mol. The molecule has 1 fully saturated rings. The van der Waals surface area contributed by atoms with Gasteiger partial charge in [0.2, 0.25) is 4.96 Å². The molecule has 4 aromatic rings. The third-order valence-corrected chi connectivity index (χ3v) is 5.47. The molecule has 1 aliphatic carbocycles. The molecule has 7 nitrogen and oxygen atoms in total. The lowest BCUT2D eigenvalue weighted by Crippen LogP contribution is -1.95. The maximum atomic E-state index is 4.72. The first-order valence-corrected chi connectivity index (χ1v) is 8.65. The van der Waals surface area contributed by atoms with Crippen LogP contribution in [0.3, 0.4) is 0 Å². The summed E-state index contributed by atoms with van der Waals surface area (Å²) in [7, 11) is 1.97. The van der Waals surface area contributed by atoms with Crippen LogP contribution in [-0.4, -0.2) is 34.6 Å². The summed E-state index contributed by atoms with van der Waals surface area (Å²) in [5.41, 5.74) is 3.45. The van der Waals surface area contributed by atoms with Gasteiger partial charge in [-0.05, 0) is 37.0 Å². The smallest absolute Gasteiger partial charge is 0.235 e. The van der Waals surface area contributed by atoms with Gasteiger partial charge < -0.3 is 0 Å². The van der Waals surface area contributed by atoms with Gasteiger partial charge in [-0.1, -0.05) is 17.4 Å². The van der Waals surface area contributed by atoms with E-state index in [1.54, 1.807) is 4.52 Å². The second-order valence-corrected chi connectivity index (χ2v) is 7.12. The molecule has 120 valence electrons. The molecule has 0 aliphatic heterocycles. The Morgan fingerprint density at radius 3 is 2.92 bits per heavy atom. The molecule has 0 spiro atoms. The van der Waals surface area contributed by atoms with Crippen molar-refractivity contribution >= 4 is 16.3 Å². The molecule has 0 radical (unpaired) electrons. The van der Waals surface area contributed by atoms with Crippen LogP contribution >= 0.6 is 11.3 Å². The minimum Gasteiger partial charge on any atom is -0.265 e. The summed E-state index contributed by atoms with van der Waals surface area (Å²) in [5.74, 6) is 1.80. The van der Waals surface area contributed by atoms with Gasteiger partial charge in [-0.2, -0.15) is 14.7 Å². The fourth-order valence-electron chi connectivity index (χ4n) is 3.17. The van der Waals surface area contributed by atoms with E-state index in [2.05, 4.69) is 32.4 Å². The normalized spacial score (nSPS) is 19.9. The minimum atomic E-state index is 0.474. The summed E-state index contributed by atoms with van der Waals surface area (Å²) in [6.07, 6.45) is 4.90. The van der Waals surface area contributed by atoms with Crippen molar-refractivity contribution in [2.75, 3.05) is 0 Å². The van der Waals surface area contributed by atoms with E-state index in [1.807, 2.05) is 37.1 Å². The van der Waals surface area contributed by atoms with Crippen molar-refractivity contribution in [3.8, 4) is 10.7 Å². The molecule has 2 unspecified atom stereocenters. The second-order valence-electron chi connectivity index (χ2n) is 6.16. The third kappa shape index (κ3) is 2.06. The molecule has 4 aromatic heterocycles. The maximum Gasteiger partial charge on any atom is 0.235 e. The van der Waals surface area contributed by atoms with Gasteiger partial charge in [0.1, 0.15) is 0 Å². The van der Waals surface area contributed by atoms with E-state index in [0.717, 1.165) is 33.6 Å². The molecule has 0 bridgehead atoms. The Morgan fingerprint density at radius 1 is 1.21 bits per heavy atom. The Morgan fingerprint density at radius 2 is 2.12 bits per heavy atom.